The predicted octanol–water partition coefficient (Wildman–Crippen LogP) is 5.86. The Bertz CT molecular complexity index is 412. The lowest BCUT2D eigenvalue weighted by Gasteiger charge is -2.40. The number of hydrogen-bond acceptors (Lipinski definition) is 0. The summed E-state index contributed by atoms with van der Waals surface area (Å²) in [5, 5.41) is 0.361. The van der Waals surface area contributed by atoms with E-state index in [-0.39, 0.29) is 0 Å². The van der Waals surface area contributed by atoms with Gasteiger partial charge in [-0.25, -0.2) is 0 Å². The molecule has 1 aliphatic carbocycles. The van der Waals surface area contributed by atoms with Crippen LogP contribution < -0.4 is 0 Å². The molecule has 0 N–H and O–H groups in total. The molecule has 3 unspecified atom stereocenters. The van der Waals surface area contributed by atoms with Crippen LogP contribution in [0.4, 0.5) is 0 Å². The molecule has 3 atom stereocenters. The molecule has 0 spiro atoms. The molecular formula is C19H29Cl. The molecule has 0 bridgehead atoms. The van der Waals surface area contributed by atoms with Crippen molar-refractivity contribution >= 4 is 11.6 Å². The van der Waals surface area contributed by atoms with Crippen LogP contribution >= 0.6 is 11.6 Å². The van der Waals surface area contributed by atoms with Crippen molar-refractivity contribution in [1.29, 1.82) is 0 Å². The van der Waals surface area contributed by atoms with Gasteiger partial charge in [-0.05, 0) is 60.5 Å². The third-order valence-corrected chi connectivity index (χ3v) is 5.62. The van der Waals surface area contributed by atoms with E-state index in [0.717, 1.165) is 18.8 Å². The minimum Gasteiger partial charge on any atom is -0.123 e. The molecule has 1 fully saturated rings. The van der Waals surface area contributed by atoms with Crippen LogP contribution in [0.2, 0.25) is 0 Å². The average Bonchev–Trinajstić information content (AvgIpc) is 2.41. The number of alkyl halides is 1. The van der Waals surface area contributed by atoms with Crippen LogP contribution in [0.3, 0.4) is 0 Å². The number of halogens is 1. The van der Waals surface area contributed by atoms with E-state index in [0.29, 0.717) is 16.7 Å². The molecule has 1 aromatic rings. The zero-order chi connectivity index (χ0) is 14.8. The highest BCUT2D eigenvalue weighted by molar-refractivity contribution is 6.20. The smallest absolute Gasteiger partial charge is 0.0367 e. The number of hydrogen-bond donors (Lipinski definition) is 0. The van der Waals surface area contributed by atoms with Gasteiger partial charge in [0.2, 0.25) is 0 Å². The Morgan fingerprint density at radius 1 is 1.05 bits per heavy atom. The zero-order valence-electron chi connectivity index (χ0n) is 13.5. The number of aryl methyl sites for hydroxylation is 1. The normalized spacial score (nSPS) is 27.6. The van der Waals surface area contributed by atoms with E-state index in [1.165, 1.54) is 30.4 Å². The molecule has 1 saturated carbocycles. The summed E-state index contributed by atoms with van der Waals surface area (Å²) in [4.78, 5) is 0. The Hall–Kier alpha value is -0.490. The maximum atomic E-state index is 6.61. The van der Waals surface area contributed by atoms with Crippen LogP contribution in [0, 0.1) is 17.3 Å². The molecule has 0 saturated heterocycles. The molecule has 1 aliphatic rings. The van der Waals surface area contributed by atoms with Crippen molar-refractivity contribution in [3.05, 3.63) is 35.4 Å². The van der Waals surface area contributed by atoms with Gasteiger partial charge in [0, 0.05) is 5.38 Å². The highest BCUT2D eigenvalue weighted by Gasteiger charge is 2.34. The minimum absolute atomic E-state index is 0.361. The quantitative estimate of drug-likeness (QED) is 0.612. The molecule has 0 aliphatic heterocycles. The molecule has 20 heavy (non-hydrogen) atoms. The van der Waals surface area contributed by atoms with Crippen molar-refractivity contribution in [1.82, 2.24) is 0 Å². The van der Waals surface area contributed by atoms with Crippen LogP contribution in [0.5, 0.6) is 0 Å². The summed E-state index contributed by atoms with van der Waals surface area (Å²) < 4.78 is 0. The largest absolute Gasteiger partial charge is 0.123 e. The van der Waals surface area contributed by atoms with Crippen LogP contribution in [0.25, 0.3) is 0 Å². The average molecular weight is 293 g/mol. The first-order chi connectivity index (χ1) is 9.40. The Labute approximate surface area is 129 Å². The fourth-order valence-electron chi connectivity index (χ4n) is 3.44. The minimum atomic E-state index is 0.361. The summed E-state index contributed by atoms with van der Waals surface area (Å²) in [6.07, 6.45) is 6.02. The third kappa shape index (κ3) is 4.01. The molecule has 0 amide bonds. The van der Waals surface area contributed by atoms with Gasteiger partial charge in [0.15, 0.2) is 0 Å². The molecule has 2 rings (SSSR count). The van der Waals surface area contributed by atoms with E-state index in [1.807, 2.05) is 0 Å². The lowest BCUT2D eigenvalue weighted by atomic mass is 9.68. The second-order valence-electron chi connectivity index (χ2n) is 7.53. The van der Waals surface area contributed by atoms with Gasteiger partial charge in [-0.3, -0.25) is 0 Å². The summed E-state index contributed by atoms with van der Waals surface area (Å²) in [5.41, 5.74) is 3.29. The molecular weight excluding hydrogens is 264 g/mol. The van der Waals surface area contributed by atoms with Gasteiger partial charge in [0.1, 0.15) is 0 Å². The third-order valence-electron chi connectivity index (χ3n) is 5.04. The van der Waals surface area contributed by atoms with Crippen molar-refractivity contribution in [2.45, 2.75) is 65.2 Å². The molecule has 1 heteroatoms. The van der Waals surface area contributed by atoms with E-state index in [2.05, 4.69) is 52.0 Å². The second kappa shape index (κ2) is 6.52. The lowest BCUT2D eigenvalue weighted by molar-refractivity contribution is 0.144. The van der Waals surface area contributed by atoms with Gasteiger partial charge < -0.3 is 0 Å². The maximum absolute atomic E-state index is 6.61. The second-order valence-corrected chi connectivity index (χ2v) is 8.09. The topological polar surface area (TPSA) is 0 Å². The number of benzene rings is 1. The summed E-state index contributed by atoms with van der Waals surface area (Å²) >= 11 is 6.61. The van der Waals surface area contributed by atoms with Crippen molar-refractivity contribution < 1.29 is 0 Å². The van der Waals surface area contributed by atoms with E-state index < -0.39 is 0 Å². The van der Waals surface area contributed by atoms with E-state index in [1.54, 1.807) is 0 Å². The Morgan fingerprint density at radius 2 is 1.65 bits per heavy atom. The predicted molar refractivity (Wildman–Crippen MR) is 89.5 cm³/mol. The van der Waals surface area contributed by atoms with E-state index in [9.17, 15) is 0 Å². The first-order valence-electron chi connectivity index (χ1n) is 8.12. The monoisotopic (exact) mass is 292 g/mol. The molecule has 1 aromatic carbocycles. The van der Waals surface area contributed by atoms with Crippen LogP contribution in [-0.2, 0) is 12.8 Å². The van der Waals surface area contributed by atoms with Crippen LogP contribution in [-0.4, -0.2) is 5.38 Å². The standard InChI is InChI=1S/C19H29Cl/c1-5-14-6-8-15(9-7-14)12-16-13-17(19(2,3)4)10-11-18(16)20/h6-9,16-18H,5,10-13H2,1-4H3. The van der Waals surface area contributed by atoms with Gasteiger partial charge >= 0.3 is 0 Å². The Morgan fingerprint density at radius 3 is 2.20 bits per heavy atom. The van der Waals surface area contributed by atoms with Crippen molar-refractivity contribution in [2.75, 3.05) is 0 Å². The van der Waals surface area contributed by atoms with E-state index in [4.69, 9.17) is 11.6 Å². The fourth-order valence-corrected chi connectivity index (χ4v) is 3.76. The number of rotatable bonds is 3. The highest BCUT2D eigenvalue weighted by atomic mass is 35.5. The first-order valence-corrected chi connectivity index (χ1v) is 8.55. The molecule has 0 radical (unpaired) electrons. The Balaban J connectivity index is 2.02. The zero-order valence-corrected chi connectivity index (χ0v) is 14.2. The molecule has 112 valence electrons. The SMILES string of the molecule is CCc1ccc(CC2CC(C(C)(C)C)CCC2Cl)cc1. The fraction of sp³-hybridized carbons (Fsp3) is 0.684. The lowest BCUT2D eigenvalue weighted by Crippen LogP contribution is -2.33. The van der Waals surface area contributed by atoms with Crippen molar-refractivity contribution in [3.8, 4) is 0 Å². The molecule has 0 heterocycles. The summed E-state index contributed by atoms with van der Waals surface area (Å²) in [6.45, 7) is 9.33. The van der Waals surface area contributed by atoms with E-state index >= 15 is 0 Å². The molecule has 0 aromatic heterocycles. The van der Waals surface area contributed by atoms with Crippen molar-refractivity contribution in [3.63, 3.8) is 0 Å². The maximum Gasteiger partial charge on any atom is 0.0367 e. The highest BCUT2D eigenvalue weighted by Crippen LogP contribution is 2.43. The summed E-state index contributed by atoms with van der Waals surface area (Å²) in [7, 11) is 0. The van der Waals surface area contributed by atoms with Crippen LogP contribution in [0.15, 0.2) is 24.3 Å². The first kappa shape index (κ1) is 15.9. The van der Waals surface area contributed by atoms with Gasteiger partial charge in [-0.15, -0.1) is 11.6 Å². The van der Waals surface area contributed by atoms with Gasteiger partial charge in [0.25, 0.3) is 0 Å². The molecule has 0 nitrogen and oxygen atoms in total. The summed E-state index contributed by atoms with van der Waals surface area (Å²) in [5.74, 6) is 1.46. The van der Waals surface area contributed by atoms with Gasteiger partial charge in [0.05, 0.1) is 0 Å². The van der Waals surface area contributed by atoms with Gasteiger partial charge in [-0.1, -0.05) is 52.0 Å². The Kier molecular flexibility index (Phi) is 5.18. The summed E-state index contributed by atoms with van der Waals surface area (Å²) in [6, 6.07) is 9.12. The van der Waals surface area contributed by atoms with Gasteiger partial charge in [-0.2, -0.15) is 0 Å². The van der Waals surface area contributed by atoms with Crippen LogP contribution in [0.1, 0.15) is 58.1 Å². The van der Waals surface area contributed by atoms with Crippen molar-refractivity contribution in [2.24, 2.45) is 17.3 Å².